The van der Waals surface area contributed by atoms with Crippen LogP contribution in [0.1, 0.15) is 46.5 Å². The molecular weight excluding hydrogens is 266 g/mol. The van der Waals surface area contributed by atoms with Crippen LogP contribution in [0.4, 0.5) is 4.79 Å². The van der Waals surface area contributed by atoms with E-state index < -0.39 is 0 Å². The normalized spacial score (nSPS) is 22.0. The fourth-order valence-electron chi connectivity index (χ4n) is 3.50. The van der Waals surface area contributed by atoms with Crippen molar-refractivity contribution in [3.8, 4) is 0 Å². The van der Waals surface area contributed by atoms with E-state index in [0.29, 0.717) is 11.9 Å². The molecule has 2 saturated heterocycles. The number of piperidine rings is 1. The molecule has 0 aliphatic carbocycles. The fourth-order valence-corrected chi connectivity index (χ4v) is 3.50. The van der Waals surface area contributed by atoms with Gasteiger partial charge in [0, 0.05) is 44.7 Å². The minimum atomic E-state index is 0.135. The van der Waals surface area contributed by atoms with Gasteiger partial charge in [-0.15, -0.1) is 0 Å². The van der Waals surface area contributed by atoms with Gasteiger partial charge in [-0.3, -0.25) is 4.79 Å². The molecular formula is C16H29N3O2. The molecule has 0 bridgehead atoms. The maximum atomic E-state index is 12.3. The standard InChI is InChI=1S/C16H29N3O2/c1-4-6-13(3)15(20)18-9-7-14(8-10-18)19-12-11-17(5-2)16(19)21/h13-14H,4-12H2,1-3H3/t13-/m0/s1. The van der Waals surface area contributed by atoms with Gasteiger partial charge in [0.25, 0.3) is 0 Å². The minimum absolute atomic E-state index is 0.135. The van der Waals surface area contributed by atoms with E-state index in [4.69, 9.17) is 0 Å². The number of likely N-dealkylation sites (N-methyl/N-ethyl adjacent to an activating group) is 1. The third-order valence-electron chi connectivity index (χ3n) is 4.87. The predicted octanol–water partition coefficient (Wildman–Crippen LogP) is 2.17. The van der Waals surface area contributed by atoms with E-state index >= 15 is 0 Å². The zero-order valence-corrected chi connectivity index (χ0v) is 13.7. The van der Waals surface area contributed by atoms with Gasteiger partial charge >= 0.3 is 6.03 Å². The second-order valence-electron chi connectivity index (χ2n) is 6.30. The molecule has 0 aromatic heterocycles. The highest BCUT2D eigenvalue weighted by atomic mass is 16.2. The van der Waals surface area contributed by atoms with Crippen LogP contribution in [-0.4, -0.2) is 65.4 Å². The fraction of sp³-hybridized carbons (Fsp3) is 0.875. The summed E-state index contributed by atoms with van der Waals surface area (Å²) in [6, 6.07) is 0.501. The van der Waals surface area contributed by atoms with Crippen molar-refractivity contribution in [2.75, 3.05) is 32.7 Å². The molecule has 0 saturated carbocycles. The number of urea groups is 1. The number of carbonyl (C=O) groups excluding carboxylic acids is 2. The van der Waals surface area contributed by atoms with Crippen molar-refractivity contribution in [2.24, 2.45) is 5.92 Å². The summed E-state index contributed by atoms with van der Waals surface area (Å²) >= 11 is 0. The van der Waals surface area contributed by atoms with E-state index in [0.717, 1.165) is 58.4 Å². The highest BCUT2D eigenvalue weighted by Crippen LogP contribution is 2.22. The second-order valence-corrected chi connectivity index (χ2v) is 6.30. The minimum Gasteiger partial charge on any atom is -0.342 e. The van der Waals surface area contributed by atoms with E-state index in [1.165, 1.54) is 0 Å². The van der Waals surface area contributed by atoms with Crippen molar-refractivity contribution < 1.29 is 9.59 Å². The molecule has 2 rings (SSSR count). The molecule has 2 aliphatic heterocycles. The van der Waals surface area contributed by atoms with Crippen molar-refractivity contribution in [2.45, 2.75) is 52.5 Å². The molecule has 2 fully saturated rings. The van der Waals surface area contributed by atoms with Crippen molar-refractivity contribution >= 4 is 11.9 Å². The van der Waals surface area contributed by atoms with E-state index in [-0.39, 0.29) is 11.9 Å². The zero-order valence-electron chi connectivity index (χ0n) is 13.7. The van der Waals surface area contributed by atoms with Crippen molar-refractivity contribution in [1.82, 2.24) is 14.7 Å². The average molecular weight is 295 g/mol. The molecule has 2 aliphatic rings. The number of rotatable bonds is 5. The summed E-state index contributed by atoms with van der Waals surface area (Å²) in [5, 5.41) is 0. The molecule has 21 heavy (non-hydrogen) atoms. The summed E-state index contributed by atoms with van der Waals surface area (Å²) in [4.78, 5) is 30.4. The number of likely N-dealkylation sites (tertiary alicyclic amines) is 1. The third-order valence-corrected chi connectivity index (χ3v) is 4.87. The first-order valence-corrected chi connectivity index (χ1v) is 8.42. The van der Waals surface area contributed by atoms with Gasteiger partial charge in [-0.05, 0) is 26.2 Å². The molecule has 0 aromatic rings. The van der Waals surface area contributed by atoms with Crippen LogP contribution in [0.2, 0.25) is 0 Å². The van der Waals surface area contributed by atoms with Gasteiger partial charge in [0.2, 0.25) is 5.91 Å². The monoisotopic (exact) mass is 295 g/mol. The quantitative estimate of drug-likeness (QED) is 0.780. The smallest absolute Gasteiger partial charge is 0.320 e. The first-order chi connectivity index (χ1) is 10.1. The van der Waals surface area contributed by atoms with Crippen LogP contribution < -0.4 is 0 Å². The predicted molar refractivity (Wildman–Crippen MR) is 83.0 cm³/mol. The largest absolute Gasteiger partial charge is 0.342 e. The second kappa shape index (κ2) is 7.14. The van der Waals surface area contributed by atoms with Gasteiger partial charge in [0.1, 0.15) is 0 Å². The Morgan fingerprint density at radius 1 is 1.19 bits per heavy atom. The average Bonchev–Trinajstić information content (AvgIpc) is 2.88. The number of hydrogen-bond donors (Lipinski definition) is 0. The number of amides is 3. The SMILES string of the molecule is CCC[C@H](C)C(=O)N1CCC(N2CCN(CC)C2=O)CC1. The van der Waals surface area contributed by atoms with Crippen molar-refractivity contribution in [1.29, 1.82) is 0 Å². The highest BCUT2D eigenvalue weighted by Gasteiger charge is 2.35. The lowest BCUT2D eigenvalue weighted by Gasteiger charge is -2.37. The Morgan fingerprint density at radius 3 is 2.38 bits per heavy atom. The summed E-state index contributed by atoms with van der Waals surface area (Å²) in [6.45, 7) is 10.3. The van der Waals surface area contributed by atoms with Gasteiger partial charge in [-0.25, -0.2) is 4.79 Å². The molecule has 0 aromatic carbocycles. The zero-order chi connectivity index (χ0) is 15.4. The lowest BCUT2D eigenvalue weighted by Crippen LogP contribution is -2.49. The van der Waals surface area contributed by atoms with Crippen LogP contribution in [0.25, 0.3) is 0 Å². The number of hydrogen-bond acceptors (Lipinski definition) is 2. The molecule has 0 spiro atoms. The van der Waals surface area contributed by atoms with Crippen molar-refractivity contribution in [3.05, 3.63) is 0 Å². The summed E-state index contributed by atoms with van der Waals surface area (Å²) in [5.74, 6) is 0.425. The molecule has 5 heteroatoms. The Morgan fingerprint density at radius 2 is 1.86 bits per heavy atom. The molecule has 5 nitrogen and oxygen atoms in total. The van der Waals surface area contributed by atoms with Gasteiger partial charge in [-0.2, -0.15) is 0 Å². The molecule has 0 N–H and O–H groups in total. The number of carbonyl (C=O) groups is 2. The van der Waals surface area contributed by atoms with Crippen LogP contribution in [0.3, 0.4) is 0 Å². The summed E-state index contributed by atoms with van der Waals surface area (Å²) in [6.07, 6.45) is 3.87. The molecule has 120 valence electrons. The topological polar surface area (TPSA) is 43.9 Å². The lowest BCUT2D eigenvalue weighted by atomic mass is 9.99. The Labute approximate surface area is 128 Å². The highest BCUT2D eigenvalue weighted by molar-refractivity contribution is 5.79. The Hall–Kier alpha value is -1.26. The van der Waals surface area contributed by atoms with Gasteiger partial charge in [0.05, 0.1) is 0 Å². The third kappa shape index (κ3) is 3.50. The van der Waals surface area contributed by atoms with Crippen LogP contribution in [-0.2, 0) is 4.79 Å². The molecule has 2 heterocycles. The Balaban J connectivity index is 1.83. The first-order valence-electron chi connectivity index (χ1n) is 8.42. The molecule has 3 amide bonds. The molecule has 0 radical (unpaired) electrons. The maximum Gasteiger partial charge on any atom is 0.320 e. The van der Waals surface area contributed by atoms with Gasteiger partial charge in [-0.1, -0.05) is 20.3 Å². The number of nitrogens with zero attached hydrogens (tertiary/aromatic N) is 3. The Kier molecular flexibility index (Phi) is 5.48. The lowest BCUT2D eigenvalue weighted by molar-refractivity contribution is -0.136. The summed E-state index contributed by atoms with van der Waals surface area (Å²) < 4.78 is 0. The van der Waals surface area contributed by atoms with Crippen LogP contribution in [0.15, 0.2) is 0 Å². The van der Waals surface area contributed by atoms with Crippen LogP contribution >= 0.6 is 0 Å². The van der Waals surface area contributed by atoms with E-state index in [1.807, 2.05) is 28.5 Å². The van der Waals surface area contributed by atoms with Gasteiger partial charge < -0.3 is 14.7 Å². The Bertz CT molecular complexity index is 378. The van der Waals surface area contributed by atoms with E-state index in [1.54, 1.807) is 0 Å². The summed E-state index contributed by atoms with van der Waals surface area (Å²) in [5.41, 5.74) is 0. The van der Waals surface area contributed by atoms with Crippen molar-refractivity contribution in [3.63, 3.8) is 0 Å². The van der Waals surface area contributed by atoms with Crippen LogP contribution in [0.5, 0.6) is 0 Å². The molecule has 0 unspecified atom stereocenters. The molecule has 1 atom stereocenters. The maximum absolute atomic E-state index is 12.3. The first kappa shape index (κ1) is 16.1. The van der Waals surface area contributed by atoms with E-state index in [2.05, 4.69) is 6.92 Å². The summed E-state index contributed by atoms with van der Waals surface area (Å²) in [7, 11) is 0. The van der Waals surface area contributed by atoms with E-state index in [9.17, 15) is 9.59 Å². The van der Waals surface area contributed by atoms with Crippen LogP contribution in [0, 0.1) is 5.92 Å². The van der Waals surface area contributed by atoms with Gasteiger partial charge in [0.15, 0.2) is 0 Å².